The number of carboxylic acids is 2. The Bertz CT molecular complexity index is 208. The van der Waals surface area contributed by atoms with Crippen LogP contribution in [0, 0.1) is 0 Å². The van der Waals surface area contributed by atoms with Gasteiger partial charge in [0, 0.05) is 6.42 Å². The molecule has 4 nitrogen and oxygen atoms in total. The number of carbonyl (C=O) groups is 2. The van der Waals surface area contributed by atoms with Crippen LogP contribution in [0.4, 0.5) is 0 Å². The fourth-order valence-corrected chi connectivity index (χ4v) is 1.02. The molecule has 0 unspecified atom stereocenters. The van der Waals surface area contributed by atoms with E-state index in [0.717, 1.165) is 19.3 Å². The van der Waals surface area contributed by atoms with Gasteiger partial charge in [0.15, 0.2) is 0 Å². The highest BCUT2D eigenvalue weighted by Gasteiger charge is 1.95. The predicted octanol–water partition coefficient (Wildman–Crippen LogP) is 2.05. The smallest absolute Gasteiger partial charge is 0.307 e. The maximum atomic E-state index is 10.1. The summed E-state index contributed by atoms with van der Waals surface area (Å²) < 4.78 is 0. The van der Waals surface area contributed by atoms with E-state index in [1.807, 2.05) is 6.08 Å². The van der Waals surface area contributed by atoms with Crippen molar-refractivity contribution in [1.82, 2.24) is 0 Å². The van der Waals surface area contributed by atoms with Crippen molar-refractivity contribution in [1.29, 1.82) is 0 Å². The van der Waals surface area contributed by atoms with E-state index in [4.69, 9.17) is 10.2 Å². The minimum Gasteiger partial charge on any atom is -0.481 e. The molecule has 0 aliphatic heterocycles. The van der Waals surface area contributed by atoms with E-state index in [1.54, 1.807) is 6.08 Å². The molecular weight excluding hydrogens is 184 g/mol. The van der Waals surface area contributed by atoms with Gasteiger partial charge in [-0.05, 0) is 19.3 Å². The number of aliphatic carboxylic acids is 2. The number of unbranched alkanes of at least 4 members (excludes halogenated alkanes) is 3. The van der Waals surface area contributed by atoms with Crippen LogP contribution in [0.15, 0.2) is 12.2 Å². The monoisotopic (exact) mass is 200 g/mol. The fraction of sp³-hybridized carbons (Fsp3) is 0.600. The van der Waals surface area contributed by atoms with Gasteiger partial charge in [0.1, 0.15) is 0 Å². The van der Waals surface area contributed by atoms with Crippen LogP contribution in [-0.2, 0) is 9.59 Å². The second-order valence-corrected chi connectivity index (χ2v) is 3.06. The minimum absolute atomic E-state index is 0.0646. The van der Waals surface area contributed by atoms with Gasteiger partial charge in [-0.1, -0.05) is 18.6 Å². The first-order valence-corrected chi connectivity index (χ1v) is 4.71. The van der Waals surface area contributed by atoms with Crippen molar-refractivity contribution in [2.75, 3.05) is 0 Å². The van der Waals surface area contributed by atoms with Gasteiger partial charge in [-0.25, -0.2) is 0 Å². The molecule has 0 saturated heterocycles. The Morgan fingerprint density at radius 3 is 2.21 bits per heavy atom. The molecule has 0 aromatic rings. The molecule has 0 aromatic heterocycles. The Labute approximate surface area is 83.2 Å². The van der Waals surface area contributed by atoms with Crippen LogP contribution in [0.25, 0.3) is 0 Å². The quantitative estimate of drug-likeness (QED) is 0.464. The number of hydrogen-bond acceptors (Lipinski definition) is 2. The Morgan fingerprint density at radius 1 is 0.929 bits per heavy atom. The average Bonchev–Trinajstić information content (AvgIpc) is 2.08. The standard InChI is InChI=1S/C10H16O4/c11-9(12)7-5-3-1-2-4-6-8-10(13)14/h3,5H,1-2,4,6-8H2,(H,11,12)(H,13,14). The van der Waals surface area contributed by atoms with Crippen LogP contribution in [0.5, 0.6) is 0 Å². The summed E-state index contributed by atoms with van der Waals surface area (Å²) in [7, 11) is 0. The first-order valence-electron chi connectivity index (χ1n) is 4.71. The van der Waals surface area contributed by atoms with Gasteiger partial charge < -0.3 is 10.2 Å². The molecule has 0 rings (SSSR count). The van der Waals surface area contributed by atoms with E-state index >= 15 is 0 Å². The van der Waals surface area contributed by atoms with E-state index in [-0.39, 0.29) is 12.8 Å². The summed E-state index contributed by atoms with van der Waals surface area (Å²) in [5.74, 6) is -1.58. The summed E-state index contributed by atoms with van der Waals surface area (Å²) in [4.78, 5) is 20.2. The maximum Gasteiger partial charge on any atom is 0.307 e. The zero-order chi connectivity index (χ0) is 10.8. The van der Waals surface area contributed by atoms with E-state index in [9.17, 15) is 9.59 Å². The van der Waals surface area contributed by atoms with Crippen LogP contribution < -0.4 is 0 Å². The van der Waals surface area contributed by atoms with Gasteiger partial charge >= 0.3 is 11.9 Å². The molecule has 4 heteroatoms. The molecule has 0 bridgehead atoms. The number of carboxylic acid groups (broad SMARTS) is 2. The van der Waals surface area contributed by atoms with Gasteiger partial charge in [0.2, 0.25) is 0 Å². The molecule has 0 aromatic carbocycles. The Hall–Kier alpha value is -1.32. The van der Waals surface area contributed by atoms with Crippen LogP contribution in [0.2, 0.25) is 0 Å². The van der Waals surface area contributed by atoms with Gasteiger partial charge in [0.05, 0.1) is 6.42 Å². The largest absolute Gasteiger partial charge is 0.481 e. The molecule has 0 heterocycles. The van der Waals surface area contributed by atoms with Crippen LogP contribution >= 0.6 is 0 Å². The zero-order valence-electron chi connectivity index (χ0n) is 8.11. The average molecular weight is 200 g/mol. The van der Waals surface area contributed by atoms with Crippen LogP contribution in [0.3, 0.4) is 0 Å². The van der Waals surface area contributed by atoms with Gasteiger partial charge in [0.25, 0.3) is 0 Å². The highest BCUT2D eigenvalue weighted by atomic mass is 16.4. The van der Waals surface area contributed by atoms with Crippen molar-refractivity contribution >= 4 is 11.9 Å². The first kappa shape index (κ1) is 12.7. The number of allylic oxidation sites excluding steroid dienone is 1. The summed E-state index contributed by atoms with van der Waals surface area (Å²) in [6.07, 6.45) is 7.06. The summed E-state index contributed by atoms with van der Waals surface area (Å²) in [6, 6.07) is 0. The lowest BCUT2D eigenvalue weighted by atomic mass is 10.1. The third-order valence-electron chi connectivity index (χ3n) is 1.72. The molecule has 14 heavy (non-hydrogen) atoms. The van der Waals surface area contributed by atoms with E-state index in [0.29, 0.717) is 6.42 Å². The summed E-state index contributed by atoms with van der Waals surface area (Å²) in [6.45, 7) is 0. The van der Waals surface area contributed by atoms with Crippen molar-refractivity contribution < 1.29 is 19.8 Å². The molecule has 0 amide bonds. The fourth-order valence-electron chi connectivity index (χ4n) is 1.02. The molecule has 2 N–H and O–H groups in total. The SMILES string of the molecule is O=C(O)CC=CCCCCCC(=O)O. The topological polar surface area (TPSA) is 74.6 Å². The lowest BCUT2D eigenvalue weighted by Gasteiger charge is -1.94. The zero-order valence-corrected chi connectivity index (χ0v) is 8.11. The lowest BCUT2D eigenvalue weighted by molar-refractivity contribution is -0.137. The Balaban J connectivity index is 3.17. The molecule has 0 saturated carbocycles. The molecule has 0 atom stereocenters. The highest BCUT2D eigenvalue weighted by molar-refractivity contribution is 5.68. The third-order valence-corrected chi connectivity index (χ3v) is 1.72. The molecular formula is C10H16O4. The second kappa shape index (κ2) is 8.29. The number of hydrogen-bond donors (Lipinski definition) is 2. The second-order valence-electron chi connectivity index (χ2n) is 3.06. The van der Waals surface area contributed by atoms with Gasteiger partial charge in [-0.3, -0.25) is 9.59 Å². The van der Waals surface area contributed by atoms with Crippen molar-refractivity contribution in [3.8, 4) is 0 Å². The van der Waals surface area contributed by atoms with Crippen LogP contribution in [-0.4, -0.2) is 22.2 Å². The molecule has 80 valence electrons. The van der Waals surface area contributed by atoms with E-state index < -0.39 is 11.9 Å². The van der Waals surface area contributed by atoms with Crippen molar-refractivity contribution in [3.63, 3.8) is 0 Å². The Kier molecular flexibility index (Phi) is 7.50. The van der Waals surface area contributed by atoms with E-state index in [1.165, 1.54) is 0 Å². The van der Waals surface area contributed by atoms with Crippen molar-refractivity contribution in [3.05, 3.63) is 12.2 Å². The third kappa shape index (κ3) is 10.7. The normalized spacial score (nSPS) is 10.6. The first-order chi connectivity index (χ1) is 6.63. The van der Waals surface area contributed by atoms with Crippen molar-refractivity contribution in [2.45, 2.75) is 38.5 Å². The highest BCUT2D eigenvalue weighted by Crippen LogP contribution is 2.03. The number of rotatable bonds is 8. The lowest BCUT2D eigenvalue weighted by Crippen LogP contribution is -1.93. The maximum absolute atomic E-state index is 10.1. The molecule has 0 spiro atoms. The summed E-state index contributed by atoms with van der Waals surface area (Å²) in [5, 5.41) is 16.6. The van der Waals surface area contributed by atoms with Gasteiger partial charge in [-0.15, -0.1) is 0 Å². The summed E-state index contributed by atoms with van der Waals surface area (Å²) >= 11 is 0. The molecule has 0 aliphatic rings. The Morgan fingerprint density at radius 2 is 1.64 bits per heavy atom. The van der Waals surface area contributed by atoms with Crippen LogP contribution in [0.1, 0.15) is 38.5 Å². The minimum atomic E-state index is -0.827. The van der Waals surface area contributed by atoms with Gasteiger partial charge in [-0.2, -0.15) is 0 Å². The molecule has 0 radical (unpaired) electrons. The molecule has 0 aliphatic carbocycles. The van der Waals surface area contributed by atoms with E-state index in [2.05, 4.69) is 0 Å². The summed E-state index contributed by atoms with van der Waals surface area (Å²) in [5.41, 5.74) is 0. The predicted molar refractivity (Wildman–Crippen MR) is 52.1 cm³/mol. The molecule has 0 fully saturated rings. The van der Waals surface area contributed by atoms with Crippen molar-refractivity contribution in [2.24, 2.45) is 0 Å².